The van der Waals surface area contributed by atoms with E-state index in [9.17, 15) is 18.7 Å². The number of amides is 1. The molecule has 0 aromatic heterocycles. The molecule has 2 atom stereocenters. The zero-order valence-corrected chi connectivity index (χ0v) is 17.5. The van der Waals surface area contributed by atoms with E-state index in [0.717, 1.165) is 32.1 Å². The van der Waals surface area contributed by atoms with Gasteiger partial charge < -0.3 is 5.11 Å². The number of anilines is 1. The van der Waals surface area contributed by atoms with Crippen molar-refractivity contribution in [2.75, 3.05) is 24.5 Å². The van der Waals surface area contributed by atoms with Crippen molar-refractivity contribution in [1.29, 1.82) is 0 Å². The molecule has 5 rings (SSSR count). The Bertz CT molecular complexity index is 1150. The number of fused-ring (bicyclic) bond motifs is 1. The van der Waals surface area contributed by atoms with Gasteiger partial charge >= 0.3 is 6.09 Å². The molecular weight excluding hydrogens is 410 g/mol. The summed E-state index contributed by atoms with van der Waals surface area (Å²) in [6, 6.07) is 20.5. The normalized spacial score (nSPS) is 21.9. The van der Waals surface area contributed by atoms with Crippen LogP contribution in [0.2, 0.25) is 0 Å². The lowest BCUT2D eigenvalue weighted by Crippen LogP contribution is -2.38. The van der Waals surface area contributed by atoms with Crippen LogP contribution in [0.15, 0.2) is 72.8 Å². The van der Waals surface area contributed by atoms with Gasteiger partial charge in [0.15, 0.2) is 0 Å². The van der Waals surface area contributed by atoms with Crippen LogP contribution in [0.4, 0.5) is 19.3 Å². The fraction of sp³-hybridized carbons (Fsp3) is 0.269. The van der Waals surface area contributed by atoms with Crippen LogP contribution < -0.4 is 4.90 Å². The van der Waals surface area contributed by atoms with Crippen LogP contribution in [-0.4, -0.2) is 35.7 Å². The minimum Gasteiger partial charge on any atom is -0.465 e. The van der Waals surface area contributed by atoms with Gasteiger partial charge in [-0.25, -0.2) is 13.6 Å². The largest absolute Gasteiger partial charge is 0.465 e. The average molecular weight is 434 g/mol. The summed E-state index contributed by atoms with van der Waals surface area (Å²) in [5, 5.41) is 10.1. The Morgan fingerprint density at radius 1 is 1.03 bits per heavy atom. The molecule has 2 fully saturated rings. The Morgan fingerprint density at radius 3 is 2.53 bits per heavy atom. The Balaban J connectivity index is 1.40. The third-order valence-electron chi connectivity index (χ3n) is 6.74. The van der Waals surface area contributed by atoms with E-state index in [2.05, 4.69) is 17.0 Å². The quantitative estimate of drug-likeness (QED) is 0.546. The van der Waals surface area contributed by atoms with Crippen molar-refractivity contribution in [3.63, 3.8) is 0 Å². The van der Waals surface area contributed by atoms with Crippen molar-refractivity contribution in [3.05, 3.63) is 90.0 Å². The zero-order valence-electron chi connectivity index (χ0n) is 17.5. The molecule has 0 spiro atoms. The van der Waals surface area contributed by atoms with E-state index in [0.29, 0.717) is 23.7 Å². The predicted molar refractivity (Wildman–Crippen MR) is 119 cm³/mol. The number of piperidine rings is 1. The lowest BCUT2D eigenvalue weighted by atomic mass is 10.00. The maximum atomic E-state index is 14.5. The summed E-state index contributed by atoms with van der Waals surface area (Å²) in [5.41, 5.74) is 2.22. The van der Waals surface area contributed by atoms with Crippen molar-refractivity contribution in [2.24, 2.45) is 11.3 Å². The number of carboxylic acid groups (broad SMARTS) is 1. The summed E-state index contributed by atoms with van der Waals surface area (Å²) in [5.74, 6) is -0.911. The van der Waals surface area contributed by atoms with Crippen molar-refractivity contribution in [2.45, 2.75) is 13.0 Å². The number of halogens is 2. The van der Waals surface area contributed by atoms with Gasteiger partial charge in [0.05, 0.1) is 5.69 Å². The second kappa shape index (κ2) is 8.02. The van der Waals surface area contributed by atoms with Crippen molar-refractivity contribution in [1.82, 2.24) is 4.90 Å². The maximum absolute atomic E-state index is 14.5. The van der Waals surface area contributed by atoms with Crippen LogP contribution in [0.1, 0.15) is 12.0 Å². The number of rotatable bonds is 6. The SMILES string of the molecule is O=C(O)N(CC12CC1CN(Cc1ccccc1)C2)c1ccccc1-c1ccc(F)cc1F. The first kappa shape index (κ1) is 20.6. The Kier molecular flexibility index (Phi) is 5.18. The number of carbonyl (C=O) groups is 1. The molecule has 3 aromatic carbocycles. The number of hydrogen-bond donors (Lipinski definition) is 1. The summed E-state index contributed by atoms with van der Waals surface area (Å²) < 4.78 is 27.9. The zero-order chi connectivity index (χ0) is 22.3. The Morgan fingerprint density at radius 2 is 1.78 bits per heavy atom. The van der Waals surface area contributed by atoms with Crippen LogP contribution in [0.5, 0.6) is 0 Å². The summed E-state index contributed by atoms with van der Waals surface area (Å²) in [4.78, 5) is 16.0. The fourth-order valence-electron chi connectivity index (χ4n) is 5.13. The molecule has 2 unspecified atom stereocenters. The first-order chi connectivity index (χ1) is 15.4. The lowest BCUT2D eigenvalue weighted by Gasteiger charge is -2.28. The molecule has 1 N–H and O–H groups in total. The van der Waals surface area contributed by atoms with E-state index >= 15 is 0 Å². The summed E-state index contributed by atoms with van der Waals surface area (Å²) in [6.07, 6.45) is -0.0729. The van der Waals surface area contributed by atoms with Gasteiger partial charge in [-0.15, -0.1) is 0 Å². The highest BCUT2D eigenvalue weighted by Gasteiger charge is 2.60. The summed E-state index contributed by atoms with van der Waals surface area (Å²) in [7, 11) is 0. The number of benzene rings is 3. The minimum atomic E-state index is -1.07. The molecule has 2 aliphatic rings. The van der Waals surface area contributed by atoms with E-state index < -0.39 is 17.7 Å². The van der Waals surface area contributed by atoms with Gasteiger partial charge in [0.25, 0.3) is 0 Å². The van der Waals surface area contributed by atoms with Crippen molar-refractivity contribution in [3.8, 4) is 11.1 Å². The standard InChI is InChI=1S/C26H24F2N2O2/c27-20-10-11-21(23(28)12-20)22-8-4-5-9-24(22)30(25(31)32)17-26-13-19(26)15-29(16-26)14-18-6-2-1-3-7-18/h1-12,19H,13-17H2,(H,31,32). The Labute approximate surface area is 185 Å². The molecular formula is C26H24F2N2O2. The van der Waals surface area contributed by atoms with Gasteiger partial charge in [-0.05, 0) is 36.1 Å². The molecule has 6 heteroatoms. The van der Waals surface area contributed by atoms with Crippen LogP contribution in [0.3, 0.4) is 0 Å². The third kappa shape index (κ3) is 3.86. The molecule has 1 saturated carbocycles. The first-order valence-electron chi connectivity index (χ1n) is 10.8. The van der Waals surface area contributed by atoms with Gasteiger partial charge in [-0.1, -0.05) is 48.5 Å². The predicted octanol–water partition coefficient (Wildman–Crippen LogP) is 5.64. The van der Waals surface area contributed by atoms with Crippen LogP contribution in [-0.2, 0) is 6.54 Å². The van der Waals surface area contributed by atoms with Crippen LogP contribution in [0.25, 0.3) is 11.1 Å². The summed E-state index contributed by atoms with van der Waals surface area (Å²) >= 11 is 0. The van der Waals surface area contributed by atoms with Gasteiger partial charge in [0.1, 0.15) is 11.6 Å². The highest BCUT2D eigenvalue weighted by molar-refractivity contribution is 5.93. The van der Waals surface area contributed by atoms with Crippen LogP contribution >= 0.6 is 0 Å². The van der Waals surface area contributed by atoms with E-state index in [4.69, 9.17) is 0 Å². The van der Waals surface area contributed by atoms with Gasteiger partial charge in [0.2, 0.25) is 0 Å². The summed E-state index contributed by atoms with van der Waals surface area (Å²) in [6.45, 7) is 3.00. The van der Waals surface area contributed by atoms with Gasteiger partial charge in [0, 0.05) is 48.8 Å². The molecule has 1 saturated heterocycles. The molecule has 0 bridgehead atoms. The monoisotopic (exact) mass is 434 g/mol. The molecule has 1 aliphatic heterocycles. The third-order valence-corrected chi connectivity index (χ3v) is 6.74. The molecule has 1 aliphatic carbocycles. The second-order valence-corrected chi connectivity index (χ2v) is 8.93. The van der Waals surface area contributed by atoms with Gasteiger partial charge in [-0.2, -0.15) is 0 Å². The minimum absolute atomic E-state index is 0.0817. The number of nitrogens with zero attached hydrogens (tertiary/aromatic N) is 2. The number of hydrogen-bond acceptors (Lipinski definition) is 2. The highest BCUT2D eigenvalue weighted by Crippen LogP contribution is 2.58. The fourth-order valence-corrected chi connectivity index (χ4v) is 5.13. The van der Waals surface area contributed by atoms with E-state index in [-0.39, 0.29) is 11.0 Å². The molecule has 32 heavy (non-hydrogen) atoms. The highest BCUT2D eigenvalue weighted by atomic mass is 19.1. The van der Waals surface area contributed by atoms with Crippen molar-refractivity contribution < 1.29 is 18.7 Å². The molecule has 1 heterocycles. The van der Waals surface area contributed by atoms with E-state index in [1.165, 1.54) is 22.6 Å². The second-order valence-electron chi connectivity index (χ2n) is 8.93. The van der Waals surface area contributed by atoms with E-state index in [1.807, 2.05) is 18.2 Å². The number of para-hydroxylation sites is 1. The smallest absolute Gasteiger partial charge is 0.411 e. The molecule has 4 nitrogen and oxygen atoms in total. The lowest BCUT2D eigenvalue weighted by molar-refractivity contribution is 0.198. The topological polar surface area (TPSA) is 43.8 Å². The molecule has 0 radical (unpaired) electrons. The molecule has 1 amide bonds. The first-order valence-corrected chi connectivity index (χ1v) is 10.8. The van der Waals surface area contributed by atoms with Gasteiger partial charge in [-0.3, -0.25) is 9.80 Å². The average Bonchev–Trinajstić information content (AvgIpc) is 3.33. The van der Waals surface area contributed by atoms with Crippen molar-refractivity contribution >= 4 is 11.8 Å². The maximum Gasteiger partial charge on any atom is 0.411 e. The molecule has 3 aromatic rings. The Hall–Kier alpha value is -3.25. The van der Waals surface area contributed by atoms with E-state index in [1.54, 1.807) is 24.3 Å². The number of likely N-dealkylation sites (tertiary alicyclic amines) is 1. The van der Waals surface area contributed by atoms with Crippen LogP contribution in [0, 0.1) is 23.0 Å². The molecule has 164 valence electrons.